The third kappa shape index (κ3) is 5.89. The van der Waals surface area contributed by atoms with Gasteiger partial charge in [-0.1, -0.05) is 59.7 Å². The zero-order chi connectivity index (χ0) is 22.5. The van der Waals surface area contributed by atoms with Crippen LogP contribution in [0.2, 0.25) is 0 Å². The van der Waals surface area contributed by atoms with Crippen molar-refractivity contribution in [2.45, 2.75) is 52.4 Å². The third-order valence-corrected chi connectivity index (χ3v) is 4.24. The molecule has 0 aromatic heterocycles. The maximum absolute atomic E-state index is 12.1. The summed E-state index contributed by atoms with van der Waals surface area (Å²) in [5.74, 6) is -1.43. The first-order chi connectivity index (χ1) is 13.9. The lowest BCUT2D eigenvalue weighted by atomic mass is 9.79. The molecule has 0 fully saturated rings. The Hall–Kier alpha value is -3.22. The molecular weight excluding hydrogens is 388 g/mol. The summed E-state index contributed by atoms with van der Waals surface area (Å²) in [7, 11) is 1.58. The highest BCUT2D eigenvalue weighted by molar-refractivity contribution is 6.29. The van der Waals surface area contributed by atoms with E-state index in [1.807, 2.05) is 53.7 Å². The van der Waals surface area contributed by atoms with E-state index in [1.165, 1.54) is 0 Å². The molecule has 0 aliphatic rings. The van der Waals surface area contributed by atoms with E-state index in [9.17, 15) is 9.59 Å². The quantitative estimate of drug-likeness (QED) is 0.398. The summed E-state index contributed by atoms with van der Waals surface area (Å²) in [4.78, 5) is 43.4. The molecule has 0 amide bonds. The fourth-order valence-corrected chi connectivity index (χ4v) is 2.63. The molecule has 0 unspecified atom stereocenters. The molecule has 30 heavy (non-hydrogen) atoms. The smallest absolute Gasteiger partial charge is 0.467 e. The second-order valence-corrected chi connectivity index (χ2v) is 8.77. The first kappa shape index (κ1) is 23.1. The fraction of sp³-hybridized carbons (Fsp3) is 0.391. The predicted octanol–water partition coefficient (Wildman–Crippen LogP) is 4.66. The van der Waals surface area contributed by atoms with E-state index in [-0.39, 0.29) is 16.6 Å². The lowest BCUT2D eigenvalue weighted by Gasteiger charge is -2.28. The van der Waals surface area contributed by atoms with Gasteiger partial charge in [0.1, 0.15) is 5.75 Å². The lowest BCUT2D eigenvalue weighted by molar-refractivity contribution is -0.242. The van der Waals surface area contributed by atoms with Crippen molar-refractivity contribution in [2.24, 2.45) is 0 Å². The minimum Gasteiger partial charge on any atom is -0.497 e. The number of methoxy groups -OCH3 is 1. The highest BCUT2D eigenvalue weighted by Crippen LogP contribution is 2.42. The summed E-state index contributed by atoms with van der Waals surface area (Å²) in [6.45, 7) is 11.9. The van der Waals surface area contributed by atoms with Crippen LogP contribution in [0.25, 0.3) is 0 Å². The second-order valence-electron chi connectivity index (χ2n) is 8.77. The maximum Gasteiger partial charge on any atom is 0.467 e. The van der Waals surface area contributed by atoms with Crippen LogP contribution >= 0.6 is 0 Å². The first-order valence-corrected chi connectivity index (χ1v) is 9.49. The van der Waals surface area contributed by atoms with Crippen molar-refractivity contribution in [3.8, 4) is 17.2 Å². The van der Waals surface area contributed by atoms with E-state index in [4.69, 9.17) is 19.4 Å². The average molecular weight is 416 g/mol. The van der Waals surface area contributed by atoms with E-state index in [0.717, 1.165) is 11.1 Å². The second kappa shape index (κ2) is 9.07. The number of benzene rings is 2. The summed E-state index contributed by atoms with van der Waals surface area (Å²) in [5, 5.41) is 0. The van der Waals surface area contributed by atoms with Gasteiger partial charge in [-0.15, -0.1) is 0 Å². The topological polar surface area (TPSA) is 80.3 Å². The van der Waals surface area contributed by atoms with Gasteiger partial charge < -0.3 is 4.74 Å². The van der Waals surface area contributed by atoms with Gasteiger partial charge in [-0.25, -0.2) is 19.4 Å². The number of hydrogen-bond acceptors (Lipinski definition) is 7. The van der Waals surface area contributed by atoms with Gasteiger partial charge in [-0.05, 0) is 35.1 Å². The first-order valence-electron chi connectivity index (χ1n) is 9.49. The number of carbonyl (C=O) groups excluding carboxylic acids is 2. The molecule has 0 saturated carbocycles. The highest BCUT2D eigenvalue weighted by Gasteiger charge is 2.31. The van der Waals surface area contributed by atoms with Crippen molar-refractivity contribution in [1.29, 1.82) is 0 Å². The fourth-order valence-electron chi connectivity index (χ4n) is 2.63. The number of carbonyl (C=O) groups is 2. The van der Waals surface area contributed by atoms with Gasteiger partial charge in [0.2, 0.25) is 0 Å². The number of rotatable bonds is 5. The van der Waals surface area contributed by atoms with Crippen molar-refractivity contribution in [3.05, 3.63) is 53.6 Å². The maximum atomic E-state index is 12.1. The molecule has 162 valence electrons. The van der Waals surface area contributed by atoms with E-state index in [1.54, 1.807) is 37.4 Å². The molecule has 7 heteroatoms. The standard InChI is InChI=1S/C23H28O7/c1-22(2,3)17-13-16(26-7)14-18(23(4,5)6)19(17)28-30-21(25)20(24)29-27-15-11-9-8-10-12-15/h8-14H,1-7H3. The number of ether oxygens (including phenoxy) is 1. The van der Waals surface area contributed by atoms with E-state index in [0.29, 0.717) is 11.5 Å². The van der Waals surface area contributed by atoms with Gasteiger partial charge in [0.05, 0.1) is 7.11 Å². The minimum absolute atomic E-state index is 0.264. The molecule has 0 heterocycles. The predicted molar refractivity (Wildman–Crippen MR) is 110 cm³/mol. The van der Waals surface area contributed by atoms with Gasteiger partial charge in [-0.2, -0.15) is 0 Å². The average Bonchev–Trinajstić information content (AvgIpc) is 2.68. The number of hydrogen-bond donors (Lipinski definition) is 0. The molecule has 0 atom stereocenters. The van der Waals surface area contributed by atoms with Crippen LogP contribution in [0.5, 0.6) is 17.2 Å². The minimum atomic E-state index is -1.35. The molecule has 0 radical (unpaired) electrons. The molecule has 2 aromatic rings. The van der Waals surface area contributed by atoms with Crippen LogP contribution in [-0.2, 0) is 30.2 Å². The molecule has 0 aliphatic heterocycles. The van der Waals surface area contributed by atoms with Crippen molar-refractivity contribution in [3.63, 3.8) is 0 Å². The molecule has 2 aromatic carbocycles. The van der Waals surface area contributed by atoms with Crippen LogP contribution in [0, 0.1) is 0 Å². The van der Waals surface area contributed by atoms with Crippen molar-refractivity contribution < 1.29 is 33.9 Å². The summed E-state index contributed by atoms with van der Waals surface area (Å²) in [5.41, 5.74) is 0.808. The SMILES string of the molecule is COc1cc(C(C)(C)C)c(OOC(=O)C(=O)OOc2ccccc2)c(C(C)(C)C)c1. The zero-order valence-corrected chi connectivity index (χ0v) is 18.4. The van der Waals surface area contributed by atoms with E-state index < -0.39 is 11.9 Å². The van der Waals surface area contributed by atoms with E-state index in [2.05, 4.69) is 4.89 Å². The van der Waals surface area contributed by atoms with Gasteiger partial charge in [0.25, 0.3) is 0 Å². The summed E-state index contributed by atoms with van der Waals surface area (Å²) in [6, 6.07) is 11.9. The molecule has 0 N–H and O–H groups in total. The van der Waals surface area contributed by atoms with Crippen molar-refractivity contribution >= 4 is 11.9 Å². The van der Waals surface area contributed by atoms with Crippen molar-refractivity contribution in [2.75, 3.05) is 7.11 Å². The van der Waals surface area contributed by atoms with Crippen LogP contribution in [0.4, 0.5) is 0 Å². The van der Waals surface area contributed by atoms with E-state index >= 15 is 0 Å². The number of para-hydroxylation sites is 1. The molecular formula is C23H28O7. The molecule has 0 spiro atoms. The largest absolute Gasteiger partial charge is 0.497 e. The van der Waals surface area contributed by atoms with Crippen LogP contribution in [0.15, 0.2) is 42.5 Å². The monoisotopic (exact) mass is 416 g/mol. The van der Waals surface area contributed by atoms with Gasteiger partial charge >= 0.3 is 11.9 Å². The Balaban J connectivity index is 2.22. The zero-order valence-electron chi connectivity index (χ0n) is 18.4. The Morgan fingerprint density at radius 2 is 1.17 bits per heavy atom. The third-order valence-electron chi connectivity index (χ3n) is 4.24. The lowest BCUT2D eigenvalue weighted by Crippen LogP contribution is -2.25. The molecule has 0 saturated heterocycles. The van der Waals surface area contributed by atoms with Crippen LogP contribution in [-0.4, -0.2) is 19.0 Å². The normalized spacial score (nSPS) is 11.4. The molecule has 7 nitrogen and oxygen atoms in total. The summed E-state index contributed by atoms with van der Waals surface area (Å²) in [6.07, 6.45) is 0. The summed E-state index contributed by atoms with van der Waals surface area (Å²) >= 11 is 0. The molecule has 0 bridgehead atoms. The van der Waals surface area contributed by atoms with Crippen LogP contribution in [0.1, 0.15) is 52.7 Å². The van der Waals surface area contributed by atoms with Gasteiger partial charge in [0.15, 0.2) is 11.5 Å². The Labute approximate surface area is 176 Å². The van der Waals surface area contributed by atoms with Crippen molar-refractivity contribution in [1.82, 2.24) is 0 Å². The summed E-state index contributed by atoms with van der Waals surface area (Å²) < 4.78 is 5.42. The van der Waals surface area contributed by atoms with Crippen LogP contribution in [0.3, 0.4) is 0 Å². The molecule has 2 rings (SSSR count). The van der Waals surface area contributed by atoms with Gasteiger partial charge in [0, 0.05) is 11.1 Å². The van der Waals surface area contributed by atoms with Crippen LogP contribution < -0.4 is 14.5 Å². The Morgan fingerprint density at radius 1 is 0.700 bits per heavy atom. The highest BCUT2D eigenvalue weighted by atomic mass is 17.2. The Bertz CT molecular complexity index is 855. The molecule has 0 aliphatic carbocycles. The Kier molecular flexibility index (Phi) is 6.97. The van der Waals surface area contributed by atoms with Gasteiger partial charge in [-0.3, -0.25) is 9.78 Å². The Morgan fingerprint density at radius 3 is 1.60 bits per heavy atom.